The summed E-state index contributed by atoms with van der Waals surface area (Å²) in [5.41, 5.74) is 0.260. The molecule has 1 aromatic rings. The fraction of sp³-hybridized carbons (Fsp3) is 0.500. The van der Waals surface area contributed by atoms with Gasteiger partial charge in [-0.3, -0.25) is 5.32 Å². The normalized spacial score (nSPS) is 17.4. The van der Waals surface area contributed by atoms with Gasteiger partial charge in [-0.15, -0.1) is 0 Å². The summed E-state index contributed by atoms with van der Waals surface area (Å²) in [6, 6.07) is 2.47. The van der Waals surface area contributed by atoms with Gasteiger partial charge in [-0.2, -0.15) is 0 Å². The fourth-order valence-electron chi connectivity index (χ4n) is 2.49. The van der Waals surface area contributed by atoms with Crippen molar-refractivity contribution >= 4 is 5.97 Å². The molecular formula is C14H17F2NO2. The van der Waals surface area contributed by atoms with Crippen molar-refractivity contribution < 1.29 is 18.3 Å². The van der Waals surface area contributed by atoms with E-state index in [0.29, 0.717) is 0 Å². The Morgan fingerprint density at radius 3 is 2.37 bits per heavy atom. The number of methoxy groups -OCH3 is 1. The highest BCUT2D eigenvalue weighted by Gasteiger charge is 2.27. The molecule has 5 heteroatoms. The SMILES string of the molecule is COC(=O)C(NC1CCCC1)c1cc(F)cc(F)c1. The molecule has 3 nitrogen and oxygen atoms in total. The largest absolute Gasteiger partial charge is 0.468 e. The maximum Gasteiger partial charge on any atom is 0.327 e. The molecule has 0 heterocycles. The maximum atomic E-state index is 13.2. The molecule has 1 aliphatic rings. The summed E-state index contributed by atoms with van der Waals surface area (Å²) < 4.78 is 31.2. The Balaban J connectivity index is 2.22. The molecule has 0 aromatic heterocycles. The van der Waals surface area contributed by atoms with Crippen molar-refractivity contribution in [3.63, 3.8) is 0 Å². The lowest BCUT2D eigenvalue weighted by atomic mass is 10.0. The van der Waals surface area contributed by atoms with Gasteiger partial charge in [0.15, 0.2) is 0 Å². The second-order valence-corrected chi connectivity index (χ2v) is 4.81. The molecule has 2 rings (SSSR count). The van der Waals surface area contributed by atoms with Crippen molar-refractivity contribution in [2.45, 2.75) is 37.8 Å². The van der Waals surface area contributed by atoms with Gasteiger partial charge in [0, 0.05) is 12.1 Å². The zero-order chi connectivity index (χ0) is 13.8. The van der Waals surface area contributed by atoms with Crippen LogP contribution < -0.4 is 5.32 Å². The zero-order valence-electron chi connectivity index (χ0n) is 10.8. The van der Waals surface area contributed by atoms with Gasteiger partial charge in [0.2, 0.25) is 0 Å². The van der Waals surface area contributed by atoms with E-state index < -0.39 is 23.6 Å². The van der Waals surface area contributed by atoms with Gasteiger partial charge in [-0.05, 0) is 30.5 Å². The highest BCUT2D eigenvalue weighted by atomic mass is 19.1. The molecule has 0 aliphatic heterocycles. The van der Waals surface area contributed by atoms with Crippen LogP contribution in [0.3, 0.4) is 0 Å². The Hall–Kier alpha value is -1.49. The fourth-order valence-corrected chi connectivity index (χ4v) is 2.49. The number of ether oxygens (including phenoxy) is 1. The summed E-state index contributed by atoms with van der Waals surface area (Å²) in [7, 11) is 1.27. The van der Waals surface area contributed by atoms with Crippen molar-refractivity contribution in [3.05, 3.63) is 35.4 Å². The lowest BCUT2D eigenvalue weighted by Crippen LogP contribution is -2.36. The summed E-state index contributed by atoms with van der Waals surface area (Å²) in [6.45, 7) is 0. The van der Waals surface area contributed by atoms with Gasteiger partial charge < -0.3 is 4.74 Å². The molecule has 0 amide bonds. The minimum absolute atomic E-state index is 0.190. The average molecular weight is 269 g/mol. The lowest BCUT2D eigenvalue weighted by molar-refractivity contribution is -0.143. The van der Waals surface area contributed by atoms with Crippen LogP contribution in [0.5, 0.6) is 0 Å². The predicted molar refractivity (Wildman–Crippen MR) is 66.5 cm³/mol. The molecule has 0 spiro atoms. The number of carbonyl (C=O) groups excluding carboxylic acids is 1. The Kier molecular flexibility index (Phi) is 4.47. The first-order chi connectivity index (χ1) is 9.10. The monoisotopic (exact) mass is 269 g/mol. The quantitative estimate of drug-likeness (QED) is 0.854. The van der Waals surface area contributed by atoms with Crippen molar-refractivity contribution in [1.29, 1.82) is 0 Å². The number of rotatable bonds is 4. The first-order valence-corrected chi connectivity index (χ1v) is 6.40. The summed E-state index contributed by atoms with van der Waals surface area (Å²) in [6.07, 6.45) is 4.13. The number of hydrogen-bond acceptors (Lipinski definition) is 3. The minimum Gasteiger partial charge on any atom is -0.468 e. The van der Waals surface area contributed by atoms with Crippen molar-refractivity contribution in [2.24, 2.45) is 0 Å². The zero-order valence-corrected chi connectivity index (χ0v) is 10.8. The topological polar surface area (TPSA) is 38.3 Å². The molecule has 19 heavy (non-hydrogen) atoms. The maximum absolute atomic E-state index is 13.2. The van der Waals surface area contributed by atoms with Crippen LogP contribution in [0.1, 0.15) is 37.3 Å². The third-order valence-corrected chi connectivity index (χ3v) is 3.41. The van der Waals surface area contributed by atoms with Gasteiger partial charge >= 0.3 is 5.97 Å². The molecule has 1 saturated carbocycles. The highest BCUT2D eigenvalue weighted by Crippen LogP contribution is 2.24. The Morgan fingerprint density at radius 2 is 1.84 bits per heavy atom. The lowest BCUT2D eigenvalue weighted by Gasteiger charge is -2.21. The predicted octanol–water partition coefficient (Wildman–Crippen LogP) is 2.71. The van der Waals surface area contributed by atoms with E-state index in [0.717, 1.165) is 43.9 Å². The molecule has 104 valence electrons. The first kappa shape index (κ1) is 13.9. The second-order valence-electron chi connectivity index (χ2n) is 4.81. The average Bonchev–Trinajstić information content (AvgIpc) is 2.86. The summed E-state index contributed by atoms with van der Waals surface area (Å²) >= 11 is 0. The highest BCUT2D eigenvalue weighted by molar-refractivity contribution is 5.77. The van der Waals surface area contributed by atoms with Crippen LogP contribution in [-0.4, -0.2) is 19.1 Å². The third-order valence-electron chi connectivity index (χ3n) is 3.41. The van der Waals surface area contributed by atoms with Crippen LogP contribution in [0.15, 0.2) is 18.2 Å². The van der Waals surface area contributed by atoms with Gasteiger partial charge in [0.1, 0.15) is 17.7 Å². The molecule has 1 N–H and O–H groups in total. The number of nitrogens with one attached hydrogen (secondary N) is 1. The van der Waals surface area contributed by atoms with Gasteiger partial charge in [-0.25, -0.2) is 13.6 Å². The van der Waals surface area contributed by atoms with Crippen molar-refractivity contribution in [3.8, 4) is 0 Å². The molecule has 0 saturated heterocycles. The van der Waals surface area contributed by atoms with Gasteiger partial charge in [0.25, 0.3) is 0 Å². The molecule has 1 atom stereocenters. The van der Waals surface area contributed by atoms with Crippen LogP contribution in [0, 0.1) is 11.6 Å². The van der Waals surface area contributed by atoms with Crippen molar-refractivity contribution in [1.82, 2.24) is 5.32 Å². The molecule has 1 unspecified atom stereocenters. The van der Waals surface area contributed by atoms with Crippen LogP contribution in [0.25, 0.3) is 0 Å². The number of hydrogen-bond donors (Lipinski definition) is 1. The smallest absolute Gasteiger partial charge is 0.327 e. The van der Waals surface area contributed by atoms with Crippen molar-refractivity contribution in [2.75, 3.05) is 7.11 Å². The van der Waals surface area contributed by atoms with E-state index in [1.54, 1.807) is 0 Å². The standard InChI is InChI=1S/C14H17F2NO2/c1-19-14(18)13(17-12-4-2-3-5-12)9-6-10(15)8-11(16)7-9/h6-8,12-13,17H,2-5H2,1H3. The van der Waals surface area contributed by atoms with Crippen LogP contribution >= 0.6 is 0 Å². The molecule has 1 aliphatic carbocycles. The van der Waals surface area contributed by atoms with E-state index in [4.69, 9.17) is 4.74 Å². The van der Waals surface area contributed by atoms with E-state index in [1.165, 1.54) is 7.11 Å². The molecule has 1 aromatic carbocycles. The number of carbonyl (C=O) groups is 1. The first-order valence-electron chi connectivity index (χ1n) is 6.40. The van der Waals surface area contributed by atoms with E-state index in [9.17, 15) is 13.6 Å². The van der Waals surface area contributed by atoms with Crippen LogP contribution in [0.2, 0.25) is 0 Å². The Bertz CT molecular complexity index is 439. The summed E-state index contributed by atoms with van der Waals surface area (Å²) in [5.74, 6) is -1.92. The molecule has 0 radical (unpaired) electrons. The number of benzene rings is 1. The molecule has 1 fully saturated rings. The van der Waals surface area contributed by atoms with Gasteiger partial charge in [-0.1, -0.05) is 12.8 Å². The summed E-state index contributed by atoms with van der Waals surface area (Å²) in [5, 5.41) is 3.13. The van der Waals surface area contributed by atoms with Crippen LogP contribution in [0.4, 0.5) is 8.78 Å². The number of halogens is 2. The Morgan fingerprint density at radius 1 is 1.26 bits per heavy atom. The van der Waals surface area contributed by atoms with Crippen LogP contribution in [-0.2, 0) is 9.53 Å². The van der Waals surface area contributed by atoms with Gasteiger partial charge in [0.05, 0.1) is 7.11 Å². The van der Waals surface area contributed by atoms with E-state index >= 15 is 0 Å². The molecule has 0 bridgehead atoms. The minimum atomic E-state index is -0.821. The van der Waals surface area contributed by atoms with E-state index in [1.807, 2.05) is 0 Å². The Labute approximate surface area is 111 Å². The summed E-state index contributed by atoms with van der Waals surface area (Å²) in [4.78, 5) is 11.8. The second kappa shape index (κ2) is 6.10. The number of esters is 1. The molecular weight excluding hydrogens is 252 g/mol. The third kappa shape index (κ3) is 3.50. The van der Waals surface area contributed by atoms with E-state index in [-0.39, 0.29) is 11.6 Å². The van der Waals surface area contributed by atoms with E-state index in [2.05, 4.69) is 5.32 Å².